The largest absolute Gasteiger partial charge is 0.480 e. The molecule has 2 atom stereocenters. The molecule has 0 saturated carbocycles. The second-order valence-corrected chi connectivity index (χ2v) is 5.17. The first kappa shape index (κ1) is 13.0. The second kappa shape index (κ2) is 5.19. The molecule has 2 N–H and O–H groups in total. The van der Waals surface area contributed by atoms with Crippen molar-refractivity contribution < 1.29 is 15.0 Å². The van der Waals surface area contributed by atoms with Crippen molar-refractivity contribution in [2.45, 2.75) is 25.1 Å². The van der Waals surface area contributed by atoms with Crippen molar-refractivity contribution in [3.63, 3.8) is 0 Å². The Balaban J connectivity index is 1.83. The van der Waals surface area contributed by atoms with E-state index in [0.29, 0.717) is 13.1 Å². The molecule has 0 bridgehead atoms. The lowest BCUT2D eigenvalue weighted by atomic mass is 10.2. The Morgan fingerprint density at radius 1 is 1.30 bits per heavy atom. The summed E-state index contributed by atoms with van der Waals surface area (Å²) in [6, 6.07) is 11.1. The predicted octanol–water partition coefficient (Wildman–Crippen LogP) is 1.25. The van der Waals surface area contributed by atoms with Crippen LogP contribution >= 0.6 is 0 Å². The lowest BCUT2D eigenvalue weighted by Crippen LogP contribution is -2.35. The van der Waals surface area contributed by atoms with E-state index < -0.39 is 18.1 Å². The van der Waals surface area contributed by atoms with Gasteiger partial charge in [-0.3, -0.25) is 14.7 Å². The van der Waals surface area contributed by atoms with Crippen LogP contribution in [0, 0.1) is 0 Å². The van der Waals surface area contributed by atoms with Gasteiger partial charge < -0.3 is 10.2 Å². The number of likely N-dealkylation sites (tertiary alicyclic amines) is 1. The van der Waals surface area contributed by atoms with Crippen molar-refractivity contribution >= 4 is 16.9 Å². The first-order chi connectivity index (χ1) is 9.63. The number of aromatic nitrogens is 1. The van der Waals surface area contributed by atoms with Gasteiger partial charge in [0, 0.05) is 24.9 Å². The van der Waals surface area contributed by atoms with E-state index in [2.05, 4.69) is 4.98 Å². The van der Waals surface area contributed by atoms with Gasteiger partial charge in [-0.25, -0.2) is 0 Å². The van der Waals surface area contributed by atoms with Gasteiger partial charge in [0.2, 0.25) is 0 Å². The highest BCUT2D eigenvalue weighted by molar-refractivity contribution is 5.78. The van der Waals surface area contributed by atoms with Crippen LogP contribution in [0.5, 0.6) is 0 Å². The van der Waals surface area contributed by atoms with Crippen molar-refractivity contribution in [3.05, 3.63) is 42.1 Å². The van der Waals surface area contributed by atoms with Crippen molar-refractivity contribution in [3.8, 4) is 0 Å². The highest BCUT2D eigenvalue weighted by Gasteiger charge is 2.35. The molecule has 1 aromatic heterocycles. The molecule has 1 aliphatic rings. The van der Waals surface area contributed by atoms with Crippen LogP contribution in [0.25, 0.3) is 10.9 Å². The summed E-state index contributed by atoms with van der Waals surface area (Å²) in [4.78, 5) is 17.5. The molecule has 1 fully saturated rings. The number of pyridine rings is 1. The van der Waals surface area contributed by atoms with Gasteiger partial charge in [0.1, 0.15) is 6.04 Å². The normalized spacial score (nSPS) is 23.2. The number of hydrogen-bond donors (Lipinski definition) is 2. The molecule has 0 radical (unpaired) electrons. The summed E-state index contributed by atoms with van der Waals surface area (Å²) >= 11 is 0. The molecule has 1 aromatic carbocycles. The van der Waals surface area contributed by atoms with Crippen molar-refractivity contribution in [1.82, 2.24) is 9.88 Å². The number of nitrogens with zero attached hydrogens (tertiary/aromatic N) is 2. The number of β-amino-alcohol motifs (C(OH)–C–C–N with tert-alkyl or cyclic N) is 1. The summed E-state index contributed by atoms with van der Waals surface area (Å²) in [5.41, 5.74) is 1.72. The van der Waals surface area contributed by atoms with E-state index in [-0.39, 0.29) is 6.42 Å². The molecule has 104 valence electrons. The number of aliphatic hydroxyl groups is 1. The number of hydrogen-bond acceptors (Lipinski definition) is 4. The summed E-state index contributed by atoms with van der Waals surface area (Å²) < 4.78 is 0. The summed E-state index contributed by atoms with van der Waals surface area (Å²) in [5.74, 6) is -0.887. The Kier molecular flexibility index (Phi) is 3.38. The molecular formula is C15H16N2O3. The maximum Gasteiger partial charge on any atom is 0.321 e. The van der Waals surface area contributed by atoms with Crippen LogP contribution in [0.2, 0.25) is 0 Å². The summed E-state index contributed by atoms with van der Waals surface area (Å²) in [7, 11) is 0. The zero-order valence-corrected chi connectivity index (χ0v) is 10.9. The average Bonchev–Trinajstić information content (AvgIpc) is 2.80. The molecular weight excluding hydrogens is 256 g/mol. The quantitative estimate of drug-likeness (QED) is 0.880. The zero-order chi connectivity index (χ0) is 14.1. The number of carbonyl (C=O) groups is 1. The van der Waals surface area contributed by atoms with Gasteiger partial charge in [0.25, 0.3) is 0 Å². The first-order valence-corrected chi connectivity index (χ1v) is 6.63. The van der Waals surface area contributed by atoms with E-state index in [4.69, 9.17) is 0 Å². The van der Waals surface area contributed by atoms with Crippen LogP contribution in [0.3, 0.4) is 0 Å². The minimum absolute atomic E-state index is 0.281. The third-order valence-electron chi connectivity index (χ3n) is 3.69. The first-order valence-electron chi connectivity index (χ1n) is 6.63. The van der Waals surface area contributed by atoms with Gasteiger partial charge in [-0.2, -0.15) is 0 Å². The van der Waals surface area contributed by atoms with E-state index >= 15 is 0 Å². The smallest absolute Gasteiger partial charge is 0.321 e. The molecule has 5 nitrogen and oxygen atoms in total. The second-order valence-electron chi connectivity index (χ2n) is 5.17. The van der Waals surface area contributed by atoms with Gasteiger partial charge in [0.15, 0.2) is 0 Å². The number of aliphatic hydroxyl groups excluding tert-OH is 1. The van der Waals surface area contributed by atoms with Gasteiger partial charge >= 0.3 is 5.97 Å². The van der Waals surface area contributed by atoms with E-state index in [9.17, 15) is 15.0 Å². The molecule has 5 heteroatoms. The van der Waals surface area contributed by atoms with E-state index in [1.54, 1.807) is 4.90 Å². The fourth-order valence-corrected chi connectivity index (χ4v) is 2.72. The van der Waals surface area contributed by atoms with E-state index in [1.807, 2.05) is 36.4 Å². The van der Waals surface area contributed by atoms with Gasteiger partial charge in [-0.15, -0.1) is 0 Å². The fraction of sp³-hybridized carbons (Fsp3) is 0.333. The van der Waals surface area contributed by atoms with E-state index in [1.165, 1.54) is 0 Å². The minimum atomic E-state index is -0.887. The molecule has 0 spiro atoms. The number of rotatable bonds is 3. The predicted molar refractivity (Wildman–Crippen MR) is 74.2 cm³/mol. The highest BCUT2D eigenvalue weighted by atomic mass is 16.4. The molecule has 2 aromatic rings. The minimum Gasteiger partial charge on any atom is -0.480 e. The Bertz CT molecular complexity index is 644. The topological polar surface area (TPSA) is 73.7 Å². The Morgan fingerprint density at radius 3 is 2.90 bits per heavy atom. The molecule has 2 unspecified atom stereocenters. The van der Waals surface area contributed by atoms with Crippen LogP contribution in [0.4, 0.5) is 0 Å². The molecule has 1 aliphatic heterocycles. The van der Waals surface area contributed by atoms with Crippen LogP contribution in [-0.2, 0) is 11.3 Å². The fourth-order valence-electron chi connectivity index (χ4n) is 2.72. The summed E-state index contributed by atoms with van der Waals surface area (Å²) in [6.07, 6.45) is -0.292. The van der Waals surface area contributed by atoms with Gasteiger partial charge in [-0.1, -0.05) is 24.3 Å². The monoisotopic (exact) mass is 272 g/mol. The Hall–Kier alpha value is -1.98. The molecule has 3 rings (SSSR count). The molecule has 2 heterocycles. The molecule has 1 saturated heterocycles. The van der Waals surface area contributed by atoms with Gasteiger partial charge in [0.05, 0.1) is 17.3 Å². The van der Waals surface area contributed by atoms with Gasteiger partial charge in [-0.05, 0) is 12.1 Å². The van der Waals surface area contributed by atoms with Crippen LogP contribution in [0.15, 0.2) is 36.4 Å². The standard InChI is InChI=1S/C15H16N2O3/c18-12-7-14(15(19)20)17(9-12)8-11-6-5-10-3-1-2-4-13(10)16-11/h1-6,12,14,18H,7-9H2,(H,19,20). The van der Waals surface area contributed by atoms with Crippen LogP contribution in [0.1, 0.15) is 12.1 Å². The maximum absolute atomic E-state index is 11.2. The Labute approximate surface area is 116 Å². The molecule has 0 aliphatic carbocycles. The zero-order valence-electron chi connectivity index (χ0n) is 10.9. The van der Waals surface area contributed by atoms with Crippen molar-refractivity contribution in [2.75, 3.05) is 6.54 Å². The van der Waals surface area contributed by atoms with E-state index in [0.717, 1.165) is 16.6 Å². The number of aliphatic carboxylic acids is 1. The molecule has 20 heavy (non-hydrogen) atoms. The number of carboxylic acid groups (broad SMARTS) is 1. The van der Waals surface area contributed by atoms with Crippen molar-refractivity contribution in [2.24, 2.45) is 0 Å². The number of carboxylic acids is 1. The van der Waals surface area contributed by atoms with Crippen LogP contribution in [-0.4, -0.2) is 44.8 Å². The number of benzene rings is 1. The van der Waals surface area contributed by atoms with Crippen LogP contribution < -0.4 is 0 Å². The Morgan fingerprint density at radius 2 is 2.10 bits per heavy atom. The third-order valence-corrected chi connectivity index (χ3v) is 3.69. The summed E-state index contributed by atoms with van der Waals surface area (Å²) in [6.45, 7) is 0.824. The third kappa shape index (κ3) is 2.50. The average molecular weight is 272 g/mol. The number of para-hydroxylation sites is 1. The molecule has 0 amide bonds. The lowest BCUT2D eigenvalue weighted by Gasteiger charge is -2.20. The maximum atomic E-state index is 11.2. The SMILES string of the molecule is O=C(O)C1CC(O)CN1Cc1ccc2ccccc2n1. The lowest BCUT2D eigenvalue weighted by molar-refractivity contribution is -0.142. The summed E-state index contributed by atoms with van der Waals surface area (Å²) in [5, 5.41) is 19.9. The van der Waals surface area contributed by atoms with Crippen molar-refractivity contribution in [1.29, 1.82) is 0 Å². The highest BCUT2D eigenvalue weighted by Crippen LogP contribution is 2.21. The number of fused-ring (bicyclic) bond motifs is 1.